The Bertz CT molecular complexity index is 511. The molecule has 88 valence electrons. The van der Waals surface area contributed by atoms with Gasteiger partial charge in [-0.25, -0.2) is 9.38 Å². The summed E-state index contributed by atoms with van der Waals surface area (Å²) < 4.78 is 12.7. The van der Waals surface area contributed by atoms with Crippen LogP contribution in [0.15, 0.2) is 29.3 Å². The number of aliphatic imine (C=N–C) groups is 1. The minimum absolute atomic E-state index is 0.259. The Morgan fingerprint density at radius 1 is 1.35 bits per heavy atom. The molecule has 2 rings (SSSR count). The molecule has 0 amide bonds. The van der Waals surface area contributed by atoms with Crippen LogP contribution in [0, 0.1) is 5.82 Å². The predicted octanol–water partition coefficient (Wildman–Crippen LogP) is 1.91. The van der Waals surface area contributed by atoms with Crippen LogP contribution in [-0.2, 0) is 6.42 Å². The van der Waals surface area contributed by atoms with Crippen molar-refractivity contribution in [3.63, 3.8) is 0 Å². The third kappa shape index (κ3) is 3.30. The van der Waals surface area contributed by atoms with Crippen LogP contribution < -0.4 is 5.48 Å². The van der Waals surface area contributed by atoms with Crippen LogP contribution >= 0.6 is 11.3 Å². The SMILES string of the molecule is ONC=Nc1nnc(Cc2ccc(F)cc2)s1. The van der Waals surface area contributed by atoms with Crippen molar-refractivity contribution in [3.8, 4) is 0 Å². The molecule has 1 aromatic carbocycles. The standard InChI is InChI=1S/C10H9FN4OS/c11-8-3-1-7(2-4-8)5-9-14-15-10(17-9)12-6-13-16/h1-4,6,16H,5H2,(H,12,13,15). The molecular weight excluding hydrogens is 243 g/mol. The van der Waals surface area contributed by atoms with Gasteiger partial charge < -0.3 is 0 Å². The highest BCUT2D eigenvalue weighted by Gasteiger charge is 2.04. The van der Waals surface area contributed by atoms with Gasteiger partial charge in [-0.2, -0.15) is 0 Å². The first kappa shape index (κ1) is 11.6. The van der Waals surface area contributed by atoms with Gasteiger partial charge in [-0.15, -0.1) is 10.2 Å². The summed E-state index contributed by atoms with van der Waals surface area (Å²) in [5, 5.41) is 17.3. The van der Waals surface area contributed by atoms with E-state index in [2.05, 4.69) is 15.2 Å². The fourth-order valence-electron chi connectivity index (χ4n) is 1.23. The fourth-order valence-corrected chi connectivity index (χ4v) is 1.95. The van der Waals surface area contributed by atoms with Gasteiger partial charge in [-0.05, 0) is 17.7 Å². The zero-order valence-electron chi connectivity index (χ0n) is 8.67. The van der Waals surface area contributed by atoms with E-state index >= 15 is 0 Å². The lowest BCUT2D eigenvalue weighted by Crippen LogP contribution is -2.00. The first-order chi connectivity index (χ1) is 8.28. The summed E-state index contributed by atoms with van der Waals surface area (Å²) in [7, 11) is 0. The molecule has 2 aromatic rings. The molecule has 0 bridgehead atoms. The zero-order valence-corrected chi connectivity index (χ0v) is 9.49. The normalized spacial score (nSPS) is 10.9. The lowest BCUT2D eigenvalue weighted by molar-refractivity contribution is 0.240. The van der Waals surface area contributed by atoms with Crippen LogP contribution in [0.5, 0.6) is 0 Å². The van der Waals surface area contributed by atoms with Gasteiger partial charge in [0.25, 0.3) is 0 Å². The van der Waals surface area contributed by atoms with Crippen molar-refractivity contribution in [1.82, 2.24) is 15.7 Å². The van der Waals surface area contributed by atoms with E-state index in [4.69, 9.17) is 5.21 Å². The number of hydroxylamine groups is 1. The lowest BCUT2D eigenvalue weighted by Gasteiger charge is -1.95. The first-order valence-corrected chi connectivity index (χ1v) is 5.58. The van der Waals surface area contributed by atoms with Crippen molar-refractivity contribution in [2.75, 3.05) is 0 Å². The summed E-state index contributed by atoms with van der Waals surface area (Å²) in [5.41, 5.74) is 2.74. The van der Waals surface area contributed by atoms with Gasteiger partial charge in [0.1, 0.15) is 17.2 Å². The van der Waals surface area contributed by atoms with E-state index in [1.165, 1.54) is 23.5 Å². The average molecular weight is 252 g/mol. The maximum atomic E-state index is 12.7. The molecule has 1 heterocycles. The number of halogens is 1. The number of hydrogen-bond donors (Lipinski definition) is 2. The average Bonchev–Trinajstić information content (AvgIpc) is 2.77. The molecule has 0 spiro atoms. The Balaban J connectivity index is 2.06. The van der Waals surface area contributed by atoms with Crippen molar-refractivity contribution in [2.45, 2.75) is 6.42 Å². The largest absolute Gasteiger partial charge is 0.290 e. The lowest BCUT2D eigenvalue weighted by atomic mass is 10.2. The van der Waals surface area contributed by atoms with Crippen molar-refractivity contribution in [1.29, 1.82) is 0 Å². The number of aromatic nitrogens is 2. The molecule has 0 radical (unpaired) electrons. The minimum Gasteiger partial charge on any atom is -0.290 e. The zero-order chi connectivity index (χ0) is 12.1. The Kier molecular flexibility index (Phi) is 3.73. The van der Waals surface area contributed by atoms with E-state index in [-0.39, 0.29) is 5.82 Å². The number of rotatable bonds is 4. The quantitative estimate of drug-likeness (QED) is 0.495. The first-order valence-electron chi connectivity index (χ1n) is 4.77. The van der Waals surface area contributed by atoms with Gasteiger partial charge in [0.15, 0.2) is 0 Å². The van der Waals surface area contributed by atoms with Gasteiger partial charge in [0.2, 0.25) is 5.13 Å². The summed E-state index contributed by atoms with van der Waals surface area (Å²) >= 11 is 1.31. The van der Waals surface area contributed by atoms with Crippen LogP contribution in [0.25, 0.3) is 0 Å². The van der Waals surface area contributed by atoms with E-state index in [9.17, 15) is 4.39 Å². The van der Waals surface area contributed by atoms with Gasteiger partial charge in [0.05, 0.1) is 0 Å². The van der Waals surface area contributed by atoms with E-state index in [1.54, 1.807) is 17.6 Å². The third-order valence-electron chi connectivity index (χ3n) is 1.96. The van der Waals surface area contributed by atoms with Crippen molar-refractivity contribution >= 4 is 22.8 Å². The Morgan fingerprint density at radius 2 is 2.12 bits per heavy atom. The molecule has 0 aliphatic rings. The third-order valence-corrected chi connectivity index (χ3v) is 2.79. The maximum absolute atomic E-state index is 12.7. The van der Waals surface area contributed by atoms with E-state index < -0.39 is 0 Å². The Morgan fingerprint density at radius 3 is 2.82 bits per heavy atom. The Labute approximate surface area is 101 Å². The smallest absolute Gasteiger partial charge is 0.233 e. The molecule has 0 fully saturated rings. The van der Waals surface area contributed by atoms with Crippen molar-refractivity contribution in [3.05, 3.63) is 40.7 Å². The molecular formula is C10H9FN4OS. The second-order valence-electron chi connectivity index (χ2n) is 3.17. The molecule has 0 saturated heterocycles. The molecule has 7 heteroatoms. The van der Waals surface area contributed by atoms with Gasteiger partial charge in [-0.1, -0.05) is 23.5 Å². The summed E-state index contributed by atoms with van der Waals surface area (Å²) in [6.07, 6.45) is 1.70. The topological polar surface area (TPSA) is 70.4 Å². The molecule has 17 heavy (non-hydrogen) atoms. The van der Waals surface area contributed by atoms with Crippen LogP contribution in [-0.4, -0.2) is 21.7 Å². The predicted molar refractivity (Wildman–Crippen MR) is 62.2 cm³/mol. The second-order valence-corrected chi connectivity index (χ2v) is 4.21. The highest BCUT2D eigenvalue weighted by atomic mass is 32.1. The minimum atomic E-state index is -0.259. The monoisotopic (exact) mass is 252 g/mol. The highest BCUT2D eigenvalue weighted by molar-refractivity contribution is 7.15. The Hall–Kier alpha value is -1.86. The maximum Gasteiger partial charge on any atom is 0.233 e. The molecule has 0 aliphatic carbocycles. The summed E-state index contributed by atoms with van der Waals surface area (Å²) in [5.74, 6) is -0.259. The molecule has 0 atom stereocenters. The summed E-state index contributed by atoms with van der Waals surface area (Å²) in [6, 6.07) is 6.22. The fraction of sp³-hybridized carbons (Fsp3) is 0.100. The number of hydrogen-bond acceptors (Lipinski definition) is 5. The van der Waals surface area contributed by atoms with Crippen molar-refractivity contribution in [2.24, 2.45) is 4.99 Å². The van der Waals surface area contributed by atoms with Crippen LogP contribution in [0.1, 0.15) is 10.6 Å². The van der Waals surface area contributed by atoms with E-state index in [1.807, 2.05) is 0 Å². The number of nitrogens with zero attached hydrogens (tertiary/aromatic N) is 3. The van der Waals surface area contributed by atoms with Crippen molar-refractivity contribution < 1.29 is 9.60 Å². The summed E-state index contributed by atoms with van der Waals surface area (Å²) in [4.78, 5) is 3.80. The van der Waals surface area contributed by atoms with Crippen LogP contribution in [0.4, 0.5) is 9.52 Å². The number of benzene rings is 1. The van der Waals surface area contributed by atoms with Gasteiger partial charge in [0, 0.05) is 6.42 Å². The molecule has 2 N–H and O–H groups in total. The molecule has 1 aromatic heterocycles. The van der Waals surface area contributed by atoms with E-state index in [0.717, 1.165) is 16.9 Å². The van der Waals surface area contributed by atoms with Gasteiger partial charge in [-0.3, -0.25) is 10.7 Å². The molecule has 5 nitrogen and oxygen atoms in total. The molecule has 0 saturated carbocycles. The highest BCUT2D eigenvalue weighted by Crippen LogP contribution is 2.20. The van der Waals surface area contributed by atoms with Crippen LogP contribution in [0.3, 0.4) is 0 Å². The van der Waals surface area contributed by atoms with E-state index in [0.29, 0.717) is 11.6 Å². The second kappa shape index (κ2) is 5.46. The molecule has 0 unspecified atom stereocenters. The number of nitrogens with one attached hydrogen (secondary N) is 1. The van der Waals surface area contributed by atoms with Gasteiger partial charge >= 0.3 is 0 Å². The summed E-state index contributed by atoms with van der Waals surface area (Å²) in [6.45, 7) is 0. The van der Waals surface area contributed by atoms with Crippen LogP contribution in [0.2, 0.25) is 0 Å². The molecule has 0 aliphatic heterocycles.